The standard InChI is InChI=1S/C18H17F3N6O3S/c1-10-15(16(29)25-11-3-4-14(24-7-11)30-6-2-5-28)17(31-27-10)26-13-9-22-12(8-23-13)18(19,20)21/h3-4,7-9,28H,2,5-6H2,1H3,(H,23,26)(H,25,29). The molecule has 164 valence electrons. The first-order chi connectivity index (χ1) is 14.8. The van der Waals surface area contributed by atoms with E-state index in [0.717, 1.165) is 17.7 Å². The van der Waals surface area contributed by atoms with Crippen LogP contribution >= 0.6 is 11.5 Å². The molecular formula is C18H17F3N6O3S. The van der Waals surface area contributed by atoms with Crippen molar-refractivity contribution in [3.63, 3.8) is 0 Å². The van der Waals surface area contributed by atoms with Gasteiger partial charge in [0.1, 0.15) is 10.8 Å². The number of aliphatic hydroxyl groups is 1. The quantitative estimate of drug-likeness (QED) is 0.443. The molecule has 3 rings (SSSR count). The van der Waals surface area contributed by atoms with Gasteiger partial charge in [-0.25, -0.2) is 15.0 Å². The highest BCUT2D eigenvalue weighted by Crippen LogP contribution is 2.30. The molecule has 0 atom stereocenters. The molecule has 0 bridgehead atoms. The van der Waals surface area contributed by atoms with Gasteiger partial charge in [-0.05, 0) is 24.5 Å². The van der Waals surface area contributed by atoms with Gasteiger partial charge in [-0.1, -0.05) is 0 Å². The maximum atomic E-state index is 12.7. The van der Waals surface area contributed by atoms with Gasteiger partial charge in [-0.15, -0.1) is 0 Å². The third-order valence-corrected chi connectivity index (χ3v) is 4.67. The third-order valence-electron chi connectivity index (χ3n) is 3.82. The summed E-state index contributed by atoms with van der Waals surface area (Å²) in [5, 5.41) is 14.5. The molecule has 0 fully saturated rings. The Hall–Kier alpha value is -3.32. The van der Waals surface area contributed by atoms with Gasteiger partial charge in [0.2, 0.25) is 5.88 Å². The van der Waals surface area contributed by atoms with E-state index >= 15 is 0 Å². The van der Waals surface area contributed by atoms with Crippen molar-refractivity contribution in [2.45, 2.75) is 19.5 Å². The summed E-state index contributed by atoms with van der Waals surface area (Å²) < 4.78 is 47.3. The summed E-state index contributed by atoms with van der Waals surface area (Å²) in [7, 11) is 0. The number of anilines is 3. The number of hydrogen-bond acceptors (Lipinski definition) is 9. The lowest BCUT2D eigenvalue weighted by Crippen LogP contribution is -2.14. The summed E-state index contributed by atoms with van der Waals surface area (Å²) in [6, 6.07) is 3.17. The van der Waals surface area contributed by atoms with Crippen LogP contribution in [0.4, 0.5) is 29.7 Å². The Labute approximate surface area is 178 Å². The fourth-order valence-electron chi connectivity index (χ4n) is 2.35. The highest BCUT2D eigenvalue weighted by atomic mass is 32.1. The highest BCUT2D eigenvalue weighted by molar-refractivity contribution is 7.10. The van der Waals surface area contributed by atoms with E-state index < -0.39 is 17.8 Å². The van der Waals surface area contributed by atoms with Gasteiger partial charge in [-0.3, -0.25) is 4.79 Å². The Morgan fingerprint density at radius 3 is 2.61 bits per heavy atom. The minimum atomic E-state index is -4.59. The van der Waals surface area contributed by atoms with Crippen LogP contribution < -0.4 is 15.4 Å². The van der Waals surface area contributed by atoms with Gasteiger partial charge >= 0.3 is 6.18 Å². The Kier molecular flexibility index (Phi) is 6.97. The summed E-state index contributed by atoms with van der Waals surface area (Å²) in [5.41, 5.74) is -0.0603. The lowest BCUT2D eigenvalue weighted by molar-refractivity contribution is -0.141. The zero-order chi connectivity index (χ0) is 22.4. The Morgan fingerprint density at radius 2 is 2.00 bits per heavy atom. The summed E-state index contributed by atoms with van der Waals surface area (Å²) in [4.78, 5) is 23.8. The Bertz CT molecular complexity index is 1030. The largest absolute Gasteiger partial charge is 0.478 e. The number of aromatic nitrogens is 4. The summed E-state index contributed by atoms with van der Waals surface area (Å²) >= 11 is 0.965. The van der Waals surface area contributed by atoms with Crippen LogP contribution in [-0.2, 0) is 6.18 Å². The van der Waals surface area contributed by atoms with Crippen LogP contribution in [0, 0.1) is 6.92 Å². The number of nitrogens with one attached hydrogen (secondary N) is 2. The molecule has 3 N–H and O–H groups in total. The highest BCUT2D eigenvalue weighted by Gasteiger charge is 2.32. The van der Waals surface area contributed by atoms with E-state index in [2.05, 4.69) is 30.0 Å². The fraction of sp³-hybridized carbons (Fsp3) is 0.278. The van der Waals surface area contributed by atoms with Gasteiger partial charge in [0.15, 0.2) is 5.69 Å². The van der Waals surface area contributed by atoms with Crippen molar-refractivity contribution in [2.24, 2.45) is 0 Å². The molecule has 0 aliphatic carbocycles. The van der Waals surface area contributed by atoms with Crippen molar-refractivity contribution < 1.29 is 27.8 Å². The van der Waals surface area contributed by atoms with Crippen LogP contribution in [0.1, 0.15) is 28.2 Å². The number of ether oxygens (including phenoxy) is 1. The molecule has 0 saturated carbocycles. The van der Waals surface area contributed by atoms with Crippen molar-refractivity contribution in [3.05, 3.63) is 47.7 Å². The first-order valence-corrected chi connectivity index (χ1v) is 9.69. The molecule has 0 radical (unpaired) electrons. The van der Waals surface area contributed by atoms with Gasteiger partial charge in [0.05, 0.1) is 42.1 Å². The number of rotatable bonds is 8. The minimum Gasteiger partial charge on any atom is -0.478 e. The second-order valence-electron chi connectivity index (χ2n) is 6.15. The van der Waals surface area contributed by atoms with Crippen LogP contribution in [0.3, 0.4) is 0 Å². The van der Waals surface area contributed by atoms with Crippen molar-refractivity contribution in [2.75, 3.05) is 23.8 Å². The maximum Gasteiger partial charge on any atom is 0.434 e. The Morgan fingerprint density at radius 1 is 1.19 bits per heavy atom. The molecule has 0 unspecified atom stereocenters. The third kappa shape index (κ3) is 5.86. The second-order valence-corrected chi connectivity index (χ2v) is 6.92. The van der Waals surface area contributed by atoms with Gasteiger partial charge in [0, 0.05) is 19.1 Å². The molecular weight excluding hydrogens is 437 g/mol. The number of hydrogen-bond donors (Lipinski definition) is 3. The molecule has 9 nitrogen and oxygen atoms in total. The summed E-state index contributed by atoms with van der Waals surface area (Å²) in [6.45, 7) is 1.96. The normalized spacial score (nSPS) is 11.3. The van der Waals surface area contributed by atoms with Crippen LogP contribution in [-0.4, -0.2) is 43.6 Å². The van der Waals surface area contributed by atoms with Crippen LogP contribution in [0.2, 0.25) is 0 Å². The number of alkyl halides is 3. The van der Waals surface area contributed by atoms with E-state index in [1.54, 1.807) is 19.1 Å². The fourth-order valence-corrected chi connectivity index (χ4v) is 3.15. The molecule has 0 saturated heterocycles. The first kappa shape index (κ1) is 22.4. The number of aliphatic hydroxyl groups excluding tert-OH is 1. The number of carbonyl (C=O) groups is 1. The predicted molar refractivity (Wildman–Crippen MR) is 107 cm³/mol. The van der Waals surface area contributed by atoms with E-state index in [1.807, 2.05) is 0 Å². The lowest BCUT2D eigenvalue weighted by Gasteiger charge is -2.09. The first-order valence-electron chi connectivity index (χ1n) is 8.91. The van der Waals surface area contributed by atoms with Crippen LogP contribution in [0.25, 0.3) is 0 Å². The van der Waals surface area contributed by atoms with Gasteiger partial charge in [0.25, 0.3) is 5.91 Å². The molecule has 31 heavy (non-hydrogen) atoms. The average Bonchev–Trinajstić information content (AvgIpc) is 3.09. The van der Waals surface area contributed by atoms with E-state index in [4.69, 9.17) is 9.84 Å². The molecule has 1 amide bonds. The topological polar surface area (TPSA) is 122 Å². The minimum absolute atomic E-state index is 0.0105. The van der Waals surface area contributed by atoms with Gasteiger partial charge < -0.3 is 20.5 Å². The van der Waals surface area contributed by atoms with E-state index in [0.29, 0.717) is 41.5 Å². The number of pyridine rings is 1. The summed E-state index contributed by atoms with van der Waals surface area (Å²) in [5.74, 6) is -0.0934. The van der Waals surface area contributed by atoms with Crippen molar-refractivity contribution in [1.82, 2.24) is 19.3 Å². The molecule has 3 aromatic rings. The maximum absolute atomic E-state index is 12.7. The molecule has 0 aromatic carbocycles. The lowest BCUT2D eigenvalue weighted by atomic mass is 10.2. The second kappa shape index (κ2) is 9.66. The van der Waals surface area contributed by atoms with E-state index in [9.17, 15) is 18.0 Å². The number of halogens is 3. The van der Waals surface area contributed by atoms with Crippen LogP contribution in [0.5, 0.6) is 5.88 Å². The molecule has 13 heteroatoms. The SMILES string of the molecule is Cc1nsc(Nc2cnc(C(F)(F)F)cn2)c1C(=O)Nc1ccc(OCCCO)nc1. The van der Waals surface area contributed by atoms with Crippen molar-refractivity contribution in [3.8, 4) is 5.88 Å². The average molecular weight is 454 g/mol. The van der Waals surface area contributed by atoms with Crippen LogP contribution in [0.15, 0.2) is 30.7 Å². The zero-order valence-corrected chi connectivity index (χ0v) is 16.9. The number of amides is 1. The smallest absolute Gasteiger partial charge is 0.434 e. The molecule has 0 aliphatic heterocycles. The predicted octanol–water partition coefficient (Wildman–Crippen LogP) is 3.41. The number of aryl methyl sites for hydroxylation is 1. The zero-order valence-electron chi connectivity index (χ0n) is 16.1. The molecule has 0 aliphatic rings. The molecule has 3 aromatic heterocycles. The number of nitrogens with zero attached hydrogens (tertiary/aromatic N) is 4. The van der Waals surface area contributed by atoms with E-state index in [1.165, 1.54) is 6.20 Å². The van der Waals surface area contributed by atoms with Crippen molar-refractivity contribution >= 4 is 33.9 Å². The van der Waals surface area contributed by atoms with Gasteiger partial charge in [-0.2, -0.15) is 17.5 Å². The molecule has 0 spiro atoms. The monoisotopic (exact) mass is 454 g/mol. The summed E-state index contributed by atoms with van der Waals surface area (Å²) in [6.07, 6.45) is -1.17. The number of carbonyl (C=O) groups excluding carboxylic acids is 1. The van der Waals surface area contributed by atoms with Crippen molar-refractivity contribution in [1.29, 1.82) is 0 Å². The molecule has 3 heterocycles. The van der Waals surface area contributed by atoms with E-state index in [-0.39, 0.29) is 18.0 Å². The Balaban J connectivity index is 1.69.